The monoisotopic (exact) mass is 816 g/mol. The molecule has 2 N–H and O–H groups in total. The Balaban J connectivity index is 1.01. The molecule has 4 saturated carbocycles. The molecule has 1 saturated heterocycles. The Morgan fingerprint density at radius 3 is 2.34 bits per heavy atom. The average molecular weight is 816 g/mol. The molecule has 7 aliphatic rings. The van der Waals surface area contributed by atoms with Crippen LogP contribution in [0.15, 0.2) is 60.0 Å². The van der Waals surface area contributed by atoms with Crippen LogP contribution in [0.5, 0.6) is 5.75 Å². The number of carboxylic acids is 1. The van der Waals surface area contributed by atoms with Gasteiger partial charge in [-0.25, -0.2) is 8.42 Å². The van der Waals surface area contributed by atoms with Gasteiger partial charge in [0.2, 0.25) is 0 Å². The predicted molar refractivity (Wildman–Crippen MR) is 232 cm³/mol. The van der Waals surface area contributed by atoms with E-state index in [-0.39, 0.29) is 33.8 Å². The smallest absolute Gasteiger partial charge is 0.313 e. The molecule has 8 rings (SSSR count). The van der Waals surface area contributed by atoms with Gasteiger partial charge in [-0.15, -0.1) is 6.58 Å². The Kier molecular flexibility index (Phi) is 11.0. The highest BCUT2D eigenvalue weighted by molar-refractivity contribution is 7.91. The van der Waals surface area contributed by atoms with E-state index in [4.69, 9.17) is 4.74 Å². The SMILES string of the molecule is C=C(C)C[C@@H]1CC[C@]2(NCCN3CCS(=O)(=O)CC3)CC[C@]3(C)[C@H](CCC4[C@@]5(C)CC=C(C6=CCC(COc7ccncc7)(C(=O)O)CC6)C(C)(C)C5CC[C@]43C)C12. The Hall–Kier alpha value is -2.49. The first-order chi connectivity index (χ1) is 27.4. The minimum atomic E-state index is -2.87. The maximum Gasteiger partial charge on any atom is 0.313 e. The molecule has 4 unspecified atom stereocenters. The summed E-state index contributed by atoms with van der Waals surface area (Å²) in [5, 5.41) is 14.7. The van der Waals surface area contributed by atoms with Crippen LogP contribution in [-0.4, -0.2) is 79.2 Å². The van der Waals surface area contributed by atoms with E-state index in [1.54, 1.807) is 24.5 Å². The molecule has 320 valence electrons. The number of ether oxygens (including phenoxy) is 1. The molecule has 0 amide bonds. The molecule has 0 spiro atoms. The van der Waals surface area contributed by atoms with Crippen molar-refractivity contribution in [2.75, 3.05) is 44.3 Å². The number of aliphatic carboxylic acids is 1. The zero-order valence-electron chi connectivity index (χ0n) is 36.6. The van der Waals surface area contributed by atoms with E-state index >= 15 is 0 Å². The number of hydrogen-bond acceptors (Lipinski definition) is 7. The highest BCUT2D eigenvalue weighted by Gasteiger charge is 2.70. The van der Waals surface area contributed by atoms with Gasteiger partial charge in [0.1, 0.15) is 17.8 Å². The van der Waals surface area contributed by atoms with Crippen LogP contribution in [0.3, 0.4) is 0 Å². The highest BCUT2D eigenvalue weighted by Crippen LogP contribution is 2.76. The number of sulfone groups is 1. The molecule has 1 aliphatic heterocycles. The van der Waals surface area contributed by atoms with Gasteiger partial charge in [-0.05, 0) is 165 Å². The number of hydrogen-bond donors (Lipinski definition) is 2. The number of carboxylic acid groups (broad SMARTS) is 1. The second-order valence-electron chi connectivity index (χ2n) is 21.8. The summed E-state index contributed by atoms with van der Waals surface area (Å²) in [4.78, 5) is 19.2. The van der Waals surface area contributed by atoms with Crippen molar-refractivity contribution in [3.63, 3.8) is 0 Å². The zero-order valence-corrected chi connectivity index (χ0v) is 37.4. The number of allylic oxidation sites excluding steroid dienone is 5. The summed E-state index contributed by atoms with van der Waals surface area (Å²) in [5.41, 5.74) is 4.17. The van der Waals surface area contributed by atoms with Crippen LogP contribution < -0.4 is 10.1 Å². The van der Waals surface area contributed by atoms with Crippen LogP contribution in [0.2, 0.25) is 0 Å². The summed E-state index contributed by atoms with van der Waals surface area (Å²) < 4.78 is 30.2. The lowest BCUT2D eigenvalue weighted by Gasteiger charge is -2.72. The van der Waals surface area contributed by atoms with E-state index in [1.807, 2.05) is 0 Å². The van der Waals surface area contributed by atoms with Crippen molar-refractivity contribution in [3.8, 4) is 5.75 Å². The van der Waals surface area contributed by atoms with Gasteiger partial charge in [0.25, 0.3) is 0 Å². The number of aromatic nitrogens is 1. The molecule has 0 radical (unpaired) electrons. The Labute approximate surface area is 350 Å². The minimum absolute atomic E-state index is 0.0108. The molecular formula is C49H73N3O5S. The minimum Gasteiger partial charge on any atom is -0.492 e. The van der Waals surface area contributed by atoms with Crippen molar-refractivity contribution >= 4 is 15.8 Å². The van der Waals surface area contributed by atoms with Crippen molar-refractivity contribution in [1.29, 1.82) is 0 Å². The topological polar surface area (TPSA) is 109 Å². The summed E-state index contributed by atoms with van der Waals surface area (Å²) in [5.74, 6) is 3.74. The lowest BCUT2D eigenvalue weighted by atomic mass is 9.33. The first kappa shape index (κ1) is 42.2. The molecule has 0 aromatic carbocycles. The van der Waals surface area contributed by atoms with Gasteiger partial charge in [-0.3, -0.25) is 9.78 Å². The number of nitrogens with zero attached hydrogens (tertiary/aromatic N) is 2. The van der Waals surface area contributed by atoms with Crippen molar-refractivity contribution in [2.45, 2.75) is 131 Å². The van der Waals surface area contributed by atoms with Gasteiger partial charge < -0.3 is 20.1 Å². The molecule has 1 aromatic heterocycles. The van der Waals surface area contributed by atoms with E-state index in [0.29, 0.717) is 72.8 Å². The predicted octanol–water partition coefficient (Wildman–Crippen LogP) is 9.30. The molecule has 6 aliphatic carbocycles. The van der Waals surface area contributed by atoms with Crippen LogP contribution in [0.25, 0.3) is 0 Å². The maximum absolute atomic E-state index is 12.7. The third-order valence-electron chi connectivity index (χ3n) is 18.7. The second kappa shape index (κ2) is 15.1. The van der Waals surface area contributed by atoms with Gasteiger partial charge in [-0.1, -0.05) is 52.3 Å². The van der Waals surface area contributed by atoms with Gasteiger partial charge in [-0.2, -0.15) is 0 Å². The van der Waals surface area contributed by atoms with Crippen molar-refractivity contribution in [1.82, 2.24) is 15.2 Å². The molecule has 58 heavy (non-hydrogen) atoms. The quantitative estimate of drug-likeness (QED) is 0.213. The lowest BCUT2D eigenvalue weighted by molar-refractivity contribution is -0.222. The normalized spacial score (nSPS) is 41.8. The fourth-order valence-electron chi connectivity index (χ4n) is 15.5. The van der Waals surface area contributed by atoms with Gasteiger partial charge in [0.15, 0.2) is 9.84 Å². The summed E-state index contributed by atoms with van der Waals surface area (Å²) in [7, 11) is -2.87. The lowest BCUT2D eigenvalue weighted by Crippen LogP contribution is -2.68. The Morgan fingerprint density at radius 1 is 0.931 bits per heavy atom. The Morgan fingerprint density at radius 2 is 1.67 bits per heavy atom. The summed E-state index contributed by atoms with van der Waals surface area (Å²) in [6, 6.07) is 3.58. The van der Waals surface area contributed by atoms with Crippen LogP contribution in [-0.2, 0) is 14.6 Å². The fourth-order valence-corrected chi connectivity index (χ4v) is 16.8. The maximum atomic E-state index is 12.7. The summed E-state index contributed by atoms with van der Waals surface area (Å²) >= 11 is 0. The number of fused-ring (bicyclic) bond motifs is 7. The molecule has 9 heteroatoms. The van der Waals surface area contributed by atoms with E-state index in [9.17, 15) is 18.3 Å². The number of pyridine rings is 1. The largest absolute Gasteiger partial charge is 0.492 e. The van der Waals surface area contributed by atoms with E-state index in [1.165, 1.54) is 68.1 Å². The Bertz CT molecular complexity index is 1910. The first-order valence-corrected chi connectivity index (χ1v) is 24.7. The van der Waals surface area contributed by atoms with Gasteiger partial charge >= 0.3 is 5.97 Å². The van der Waals surface area contributed by atoms with Crippen molar-refractivity contribution < 1.29 is 23.1 Å². The molecule has 2 heterocycles. The molecule has 10 atom stereocenters. The van der Waals surface area contributed by atoms with Crippen molar-refractivity contribution in [3.05, 3.63) is 60.0 Å². The highest BCUT2D eigenvalue weighted by atomic mass is 32.2. The summed E-state index contributed by atoms with van der Waals surface area (Å²) in [6.45, 7) is 23.2. The molecule has 5 fully saturated rings. The van der Waals surface area contributed by atoms with E-state index in [0.717, 1.165) is 32.4 Å². The second-order valence-corrected chi connectivity index (χ2v) is 24.1. The van der Waals surface area contributed by atoms with Crippen LogP contribution in [0.4, 0.5) is 0 Å². The number of carbonyl (C=O) groups is 1. The number of rotatable bonds is 11. The third kappa shape index (κ3) is 6.97. The molecule has 0 bridgehead atoms. The molecule has 8 nitrogen and oxygen atoms in total. The van der Waals surface area contributed by atoms with Gasteiger partial charge in [0.05, 0.1) is 11.5 Å². The van der Waals surface area contributed by atoms with Crippen molar-refractivity contribution in [2.24, 2.45) is 56.7 Å². The van der Waals surface area contributed by atoms with Crippen LogP contribution in [0, 0.1) is 56.7 Å². The first-order valence-electron chi connectivity index (χ1n) is 22.9. The molecule has 1 aromatic rings. The fraction of sp³-hybridized carbons (Fsp3) is 0.755. The average Bonchev–Trinajstić information content (AvgIpc) is 3.52. The van der Waals surface area contributed by atoms with E-state index < -0.39 is 21.2 Å². The standard InChI is InChI=1S/C49H73N3O5S/c1-34(2)32-36-12-21-49(51-26-27-52-28-30-58(55,56)31-29-52)23-22-46(6)39(42(36)49)8-9-41-45(5)17-13-38(44(3,4)40(45)14-18-47(41,46)7)35-10-19-48(20-11-35,43(53)54)33-57-37-15-24-50-25-16-37/h10,13,15-16,24-25,36,39-42,51H,1,8-9,11-12,14,17-23,26-33H2,2-7H3,(H,53,54)/t36-,39+,40?,41?,42?,45-,46+,47+,48?,49-/m0/s1. The third-order valence-corrected chi connectivity index (χ3v) is 20.3. The van der Waals surface area contributed by atoms with Crippen LogP contribution >= 0.6 is 0 Å². The summed E-state index contributed by atoms with van der Waals surface area (Å²) in [6.07, 6.45) is 22.5. The van der Waals surface area contributed by atoms with Crippen LogP contribution in [0.1, 0.15) is 125 Å². The molecular weight excluding hydrogens is 743 g/mol. The number of nitrogens with one attached hydrogen (secondary N) is 1. The zero-order chi connectivity index (χ0) is 41.4. The van der Waals surface area contributed by atoms with Gasteiger partial charge in [0, 0.05) is 44.1 Å². The van der Waals surface area contributed by atoms with E-state index in [2.05, 4.69) is 75.5 Å².